The minimum atomic E-state index is -0.452. The monoisotopic (exact) mass is 393 g/mol. The molecule has 1 amide bonds. The van der Waals surface area contributed by atoms with Crippen molar-refractivity contribution in [3.63, 3.8) is 0 Å². The molecule has 3 aromatic rings. The maximum absolute atomic E-state index is 12.1. The molecule has 0 saturated carbocycles. The molecule has 28 heavy (non-hydrogen) atoms. The van der Waals surface area contributed by atoms with Crippen LogP contribution in [0.15, 0.2) is 65.9 Å². The van der Waals surface area contributed by atoms with E-state index in [0.717, 1.165) is 16.8 Å². The van der Waals surface area contributed by atoms with Crippen LogP contribution in [0, 0.1) is 0 Å². The van der Waals surface area contributed by atoms with Crippen LogP contribution in [0.3, 0.4) is 0 Å². The van der Waals surface area contributed by atoms with Crippen LogP contribution in [0.25, 0.3) is 11.3 Å². The highest BCUT2D eigenvalue weighted by molar-refractivity contribution is 6.32. The molecule has 0 radical (unpaired) electrons. The van der Waals surface area contributed by atoms with E-state index in [1.54, 1.807) is 24.4 Å². The van der Waals surface area contributed by atoms with E-state index in [1.807, 2.05) is 18.2 Å². The lowest BCUT2D eigenvalue weighted by Gasteiger charge is -2.04. The number of aromatic nitrogens is 1. The minimum Gasteiger partial charge on any atom is -0.506 e. The van der Waals surface area contributed by atoms with Crippen LogP contribution in [0.5, 0.6) is 5.75 Å². The lowest BCUT2D eigenvalue weighted by Crippen LogP contribution is -2.17. The second-order valence-electron chi connectivity index (χ2n) is 5.97. The number of amides is 1. The Bertz CT molecular complexity index is 1060. The predicted molar refractivity (Wildman–Crippen MR) is 108 cm³/mol. The number of pyridine rings is 1. The highest BCUT2D eigenvalue weighted by Gasteiger charge is 2.07. The number of aromatic hydroxyl groups is 1. The number of rotatable bonds is 5. The molecular formula is C21H16ClN3O3. The van der Waals surface area contributed by atoms with E-state index in [1.165, 1.54) is 31.3 Å². The van der Waals surface area contributed by atoms with Gasteiger partial charge < -0.3 is 5.11 Å². The van der Waals surface area contributed by atoms with E-state index in [2.05, 4.69) is 15.5 Å². The normalized spacial score (nSPS) is 10.8. The van der Waals surface area contributed by atoms with Gasteiger partial charge in [-0.15, -0.1) is 0 Å². The highest BCUT2D eigenvalue weighted by atomic mass is 35.5. The number of halogens is 1. The third-order valence-electron chi connectivity index (χ3n) is 3.96. The zero-order valence-corrected chi connectivity index (χ0v) is 15.6. The van der Waals surface area contributed by atoms with Crippen LogP contribution in [0.1, 0.15) is 33.2 Å². The average Bonchev–Trinajstić information content (AvgIpc) is 2.70. The molecule has 1 heterocycles. The van der Waals surface area contributed by atoms with Gasteiger partial charge in [-0.05, 0) is 42.8 Å². The van der Waals surface area contributed by atoms with Crippen molar-refractivity contribution in [3.8, 4) is 17.0 Å². The summed E-state index contributed by atoms with van der Waals surface area (Å²) in [5.74, 6) is -0.541. The highest BCUT2D eigenvalue weighted by Crippen LogP contribution is 2.23. The van der Waals surface area contributed by atoms with Crippen LogP contribution in [0.4, 0.5) is 0 Å². The van der Waals surface area contributed by atoms with Gasteiger partial charge in [0.2, 0.25) is 0 Å². The van der Waals surface area contributed by atoms with E-state index >= 15 is 0 Å². The average molecular weight is 394 g/mol. The summed E-state index contributed by atoms with van der Waals surface area (Å²) in [5, 5.41) is 13.4. The molecule has 0 aliphatic rings. The largest absolute Gasteiger partial charge is 0.506 e. The summed E-state index contributed by atoms with van der Waals surface area (Å²) >= 11 is 5.80. The van der Waals surface area contributed by atoms with E-state index in [-0.39, 0.29) is 22.1 Å². The van der Waals surface area contributed by atoms with Crippen molar-refractivity contribution in [1.82, 2.24) is 10.4 Å². The number of ketones is 1. The fraction of sp³-hybridized carbons (Fsp3) is 0.0476. The Labute approximate surface area is 166 Å². The fourth-order valence-electron chi connectivity index (χ4n) is 2.44. The SMILES string of the molecule is CC(=O)c1ccc(-c2cc(C=NNC(=O)c3ccc(O)c(Cl)c3)ccn2)cc1. The number of benzene rings is 2. The van der Waals surface area contributed by atoms with Crippen molar-refractivity contribution in [2.75, 3.05) is 0 Å². The van der Waals surface area contributed by atoms with Crippen LogP contribution >= 0.6 is 11.6 Å². The third-order valence-corrected chi connectivity index (χ3v) is 4.26. The molecule has 140 valence electrons. The molecule has 3 rings (SSSR count). The number of hydrogen-bond acceptors (Lipinski definition) is 5. The molecule has 2 N–H and O–H groups in total. The predicted octanol–water partition coefficient (Wildman–Crippen LogP) is 4.07. The third kappa shape index (κ3) is 4.61. The quantitative estimate of drug-likeness (QED) is 0.388. The van der Waals surface area contributed by atoms with Gasteiger partial charge in [0.25, 0.3) is 5.91 Å². The van der Waals surface area contributed by atoms with Crippen LogP contribution in [0.2, 0.25) is 5.02 Å². The number of hydrogen-bond donors (Lipinski definition) is 2. The zero-order chi connectivity index (χ0) is 20.1. The number of phenolic OH excluding ortho intramolecular Hbond substituents is 1. The summed E-state index contributed by atoms with van der Waals surface area (Å²) in [7, 11) is 0. The van der Waals surface area contributed by atoms with Crippen molar-refractivity contribution < 1.29 is 14.7 Å². The first-order valence-corrected chi connectivity index (χ1v) is 8.71. The van der Waals surface area contributed by atoms with Gasteiger partial charge in [0.1, 0.15) is 5.75 Å². The summed E-state index contributed by atoms with van der Waals surface area (Å²) < 4.78 is 0. The molecule has 0 aliphatic heterocycles. The zero-order valence-electron chi connectivity index (χ0n) is 14.9. The Morgan fingerprint density at radius 1 is 1.07 bits per heavy atom. The molecule has 0 atom stereocenters. The van der Waals surface area contributed by atoms with Crippen molar-refractivity contribution >= 4 is 29.5 Å². The molecule has 0 fully saturated rings. The van der Waals surface area contributed by atoms with Gasteiger partial charge in [0.05, 0.1) is 16.9 Å². The van der Waals surface area contributed by atoms with E-state index in [4.69, 9.17) is 11.6 Å². The van der Waals surface area contributed by atoms with Gasteiger partial charge in [-0.3, -0.25) is 14.6 Å². The summed E-state index contributed by atoms with van der Waals surface area (Å²) in [5.41, 5.74) is 5.64. The van der Waals surface area contributed by atoms with Crippen molar-refractivity contribution in [2.24, 2.45) is 5.10 Å². The number of nitrogens with zero attached hydrogens (tertiary/aromatic N) is 2. The van der Waals surface area contributed by atoms with Crippen LogP contribution in [-0.4, -0.2) is 28.0 Å². The first kappa shape index (κ1) is 19.3. The maximum atomic E-state index is 12.1. The van der Waals surface area contributed by atoms with Crippen molar-refractivity contribution in [2.45, 2.75) is 6.92 Å². The number of phenols is 1. The summed E-state index contributed by atoms with van der Waals surface area (Å²) in [6.45, 7) is 1.52. The Balaban J connectivity index is 1.70. The lowest BCUT2D eigenvalue weighted by molar-refractivity contribution is 0.0954. The molecule has 0 unspecified atom stereocenters. The molecule has 1 aromatic heterocycles. The van der Waals surface area contributed by atoms with E-state index < -0.39 is 5.91 Å². The van der Waals surface area contributed by atoms with Crippen molar-refractivity contribution in [1.29, 1.82) is 0 Å². The number of Topliss-reactive ketones (excluding diaryl/α,β-unsaturated/α-hetero) is 1. The molecule has 0 saturated heterocycles. The lowest BCUT2D eigenvalue weighted by atomic mass is 10.1. The van der Waals surface area contributed by atoms with Crippen molar-refractivity contribution in [3.05, 3.63) is 82.5 Å². The molecule has 0 aliphatic carbocycles. The molecule has 6 nitrogen and oxygen atoms in total. The minimum absolute atomic E-state index is 0.00560. The number of nitrogens with one attached hydrogen (secondary N) is 1. The Morgan fingerprint density at radius 3 is 2.46 bits per heavy atom. The van der Waals surface area contributed by atoms with Gasteiger partial charge in [-0.1, -0.05) is 35.9 Å². The van der Waals surface area contributed by atoms with Crippen LogP contribution < -0.4 is 5.43 Å². The second kappa shape index (κ2) is 8.45. The van der Waals surface area contributed by atoms with E-state index in [0.29, 0.717) is 5.56 Å². The molecule has 2 aromatic carbocycles. The summed E-state index contributed by atoms with van der Waals surface area (Å²) in [4.78, 5) is 27.8. The van der Waals surface area contributed by atoms with Gasteiger partial charge in [0, 0.05) is 22.9 Å². The Hall–Kier alpha value is -3.51. The topological polar surface area (TPSA) is 91.7 Å². The number of hydrazone groups is 1. The van der Waals surface area contributed by atoms with Gasteiger partial charge >= 0.3 is 0 Å². The maximum Gasteiger partial charge on any atom is 0.271 e. The molecule has 7 heteroatoms. The molecule has 0 spiro atoms. The first-order chi connectivity index (χ1) is 13.4. The van der Waals surface area contributed by atoms with Gasteiger partial charge in [-0.2, -0.15) is 5.10 Å². The first-order valence-electron chi connectivity index (χ1n) is 8.33. The van der Waals surface area contributed by atoms with Gasteiger partial charge in [-0.25, -0.2) is 5.43 Å². The standard InChI is InChI=1S/C21H16ClN3O3/c1-13(26)15-2-4-16(5-3-15)19-10-14(8-9-23-19)12-24-25-21(28)17-6-7-20(27)18(22)11-17/h2-12,27H,1H3,(H,25,28). The smallest absolute Gasteiger partial charge is 0.271 e. The summed E-state index contributed by atoms with van der Waals surface area (Å²) in [6.07, 6.45) is 3.13. The number of carbonyl (C=O) groups excluding carboxylic acids is 2. The van der Waals surface area contributed by atoms with Gasteiger partial charge in [0.15, 0.2) is 5.78 Å². The molecular weight excluding hydrogens is 378 g/mol. The summed E-state index contributed by atoms with van der Waals surface area (Å²) in [6, 6.07) is 14.9. The fourth-order valence-corrected chi connectivity index (χ4v) is 2.62. The van der Waals surface area contributed by atoms with E-state index in [9.17, 15) is 14.7 Å². The van der Waals surface area contributed by atoms with Crippen LogP contribution in [-0.2, 0) is 0 Å². The number of carbonyl (C=O) groups is 2. The Morgan fingerprint density at radius 2 is 1.79 bits per heavy atom. The molecule has 0 bridgehead atoms. The second-order valence-corrected chi connectivity index (χ2v) is 6.38. The Kier molecular flexibility index (Phi) is 5.81.